The highest BCUT2D eigenvalue weighted by atomic mass is 35.5. The van der Waals surface area contributed by atoms with Gasteiger partial charge >= 0.3 is 0 Å². The minimum absolute atomic E-state index is 0. The van der Waals surface area contributed by atoms with Gasteiger partial charge in [-0.05, 0) is 17.7 Å². The monoisotopic (exact) mass is 338 g/mol. The molecule has 0 aromatic heterocycles. The SMILES string of the molecule is COCCS(=O)(=O)N1CCNCC1c1cccc(F)c1.Cl. The molecule has 1 fully saturated rings. The van der Waals surface area contributed by atoms with Gasteiger partial charge in [-0.25, -0.2) is 12.8 Å². The summed E-state index contributed by atoms with van der Waals surface area (Å²) in [7, 11) is -1.94. The molecule has 1 saturated heterocycles. The van der Waals surface area contributed by atoms with Gasteiger partial charge < -0.3 is 10.1 Å². The summed E-state index contributed by atoms with van der Waals surface area (Å²) >= 11 is 0. The summed E-state index contributed by atoms with van der Waals surface area (Å²) < 4.78 is 44.3. The molecule has 0 saturated carbocycles. The van der Waals surface area contributed by atoms with Gasteiger partial charge in [-0.15, -0.1) is 12.4 Å². The number of hydrogen-bond donors (Lipinski definition) is 1. The first kappa shape index (κ1) is 18.3. The summed E-state index contributed by atoms with van der Waals surface area (Å²) in [5.74, 6) is -0.419. The van der Waals surface area contributed by atoms with Crippen molar-refractivity contribution in [2.75, 3.05) is 39.1 Å². The van der Waals surface area contributed by atoms with Crippen molar-refractivity contribution < 1.29 is 17.5 Å². The fraction of sp³-hybridized carbons (Fsp3) is 0.538. The van der Waals surface area contributed by atoms with Crippen LogP contribution in [0.4, 0.5) is 4.39 Å². The van der Waals surface area contributed by atoms with Crippen LogP contribution in [0.5, 0.6) is 0 Å². The second kappa shape index (κ2) is 8.05. The second-order valence-electron chi connectivity index (χ2n) is 4.69. The van der Waals surface area contributed by atoms with Crippen LogP contribution in [-0.4, -0.2) is 51.8 Å². The minimum atomic E-state index is -3.41. The molecule has 1 N–H and O–H groups in total. The molecule has 120 valence electrons. The van der Waals surface area contributed by atoms with Crippen LogP contribution in [0.25, 0.3) is 0 Å². The Morgan fingerprint density at radius 2 is 2.24 bits per heavy atom. The Morgan fingerprint density at radius 1 is 1.48 bits per heavy atom. The van der Waals surface area contributed by atoms with Gasteiger partial charge in [0.25, 0.3) is 0 Å². The smallest absolute Gasteiger partial charge is 0.217 e. The van der Waals surface area contributed by atoms with Crippen molar-refractivity contribution in [1.29, 1.82) is 0 Å². The quantitative estimate of drug-likeness (QED) is 0.875. The van der Waals surface area contributed by atoms with Gasteiger partial charge in [-0.3, -0.25) is 0 Å². The topological polar surface area (TPSA) is 58.6 Å². The highest BCUT2D eigenvalue weighted by Gasteiger charge is 2.32. The van der Waals surface area contributed by atoms with Crippen LogP contribution in [0.1, 0.15) is 11.6 Å². The average Bonchev–Trinajstić information content (AvgIpc) is 2.45. The Balaban J connectivity index is 0.00000220. The molecule has 0 amide bonds. The van der Waals surface area contributed by atoms with E-state index in [1.54, 1.807) is 12.1 Å². The number of methoxy groups -OCH3 is 1. The van der Waals surface area contributed by atoms with E-state index in [-0.39, 0.29) is 36.6 Å². The van der Waals surface area contributed by atoms with Crippen molar-refractivity contribution in [2.24, 2.45) is 0 Å². The van der Waals surface area contributed by atoms with Crippen LogP contribution in [0.15, 0.2) is 24.3 Å². The van der Waals surface area contributed by atoms with E-state index in [1.807, 2.05) is 0 Å². The van der Waals surface area contributed by atoms with Gasteiger partial charge in [-0.2, -0.15) is 4.31 Å². The molecule has 1 atom stereocenters. The zero-order chi connectivity index (χ0) is 14.6. The van der Waals surface area contributed by atoms with Crippen LogP contribution < -0.4 is 5.32 Å². The Labute approximate surface area is 130 Å². The van der Waals surface area contributed by atoms with E-state index in [0.717, 1.165) is 0 Å². The molecule has 1 aliphatic heterocycles. The molecule has 1 aliphatic rings. The van der Waals surface area contributed by atoms with E-state index in [0.29, 0.717) is 25.2 Å². The molecule has 5 nitrogen and oxygen atoms in total. The number of nitrogens with zero attached hydrogens (tertiary/aromatic N) is 1. The van der Waals surface area contributed by atoms with E-state index >= 15 is 0 Å². The molecule has 0 bridgehead atoms. The third-order valence-corrected chi connectivity index (χ3v) is 5.16. The van der Waals surface area contributed by atoms with Gasteiger partial charge in [0.1, 0.15) is 5.82 Å². The highest BCUT2D eigenvalue weighted by Crippen LogP contribution is 2.25. The van der Waals surface area contributed by atoms with Gasteiger partial charge in [0.2, 0.25) is 10.0 Å². The first-order valence-corrected chi connectivity index (χ1v) is 8.10. The Morgan fingerprint density at radius 3 is 2.90 bits per heavy atom. The molecule has 1 aromatic rings. The number of sulfonamides is 1. The summed E-state index contributed by atoms with van der Waals surface area (Å²) in [5.41, 5.74) is 0.665. The molecular weight excluding hydrogens is 319 g/mol. The number of ether oxygens (including phenoxy) is 1. The number of rotatable bonds is 5. The van der Waals surface area contributed by atoms with Crippen molar-refractivity contribution in [3.63, 3.8) is 0 Å². The number of hydrogen-bond acceptors (Lipinski definition) is 4. The molecule has 2 rings (SSSR count). The van der Waals surface area contributed by atoms with Crippen molar-refractivity contribution in [1.82, 2.24) is 9.62 Å². The fourth-order valence-electron chi connectivity index (χ4n) is 2.32. The van der Waals surface area contributed by atoms with E-state index in [9.17, 15) is 12.8 Å². The molecule has 0 aliphatic carbocycles. The number of nitrogens with one attached hydrogen (secondary N) is 1. The Kier molecular flexibility index (Phi) is 7.02. The van der Waals surface area contributed by atoms with Crippen molar-refractivity contribution in [3.8, 4) is 0 Å². The summed E-state index contributed by atoms with van der Waals surface area (Å²) in [6.45, 7) is 1.61. The summed E-state index contributed by atoms with van der Waals surface area (Å²) in [4.78, 5) is 0. The van der Waals surface area contributed by atoms with E-state index in [2.05, 4.69) is 5.32 Å². The van der Waals surface area contributed by atoms with Crippen LogP contribution in [0.2, 0.25) is 0 Å². The molecule has 1 aromatic carbocycles. The normalized spacial score (nSPS) is 20.0. The zero-order valence-corrected chi connectivity index (χ0v) is 13.4. The lowest BCUT2D eigenvalue weighted by atomic mass is 10.1. The molecule has 1 unspecified atom stereocenters. The standard InChI is InChI=1S/C13H19FN2O3S.ClH/c1-19-7-8-20(17,18)16-6-5-15-10-13(16)11-3-2-4-12(14)9-11;/h2-4,9,13,15H,5-8,10H2,1H3;1H. The van der Waals surface area contributed by atoms with Gasteiger partial charge in [0, 0.05) is 26.7 Å². The molecule has 0 radical (unpaired) electrons. The Bertz CT molecular complexity index is 556. The predicted octanol–water partition coefficient (Wildman–Crippen LogP) is 1.17. The molecule has 1 heterocycles. The lowest BCUT2D eigenvalue weighted by Gasteiger charge is -2.35. The summed E-state index contributed by atoms with van der Waals surface area (Å²) in [6.07, 6.45) is 0. The average molecular weight is 339 g/mol. The summed E-state index contributed by atoms with van der Waals surface area (Å²) in [5, 5.41) is 3.15. The van der Waals surface area contributed by atoms with Crippen molar-refractivity contribution >= 4 is 22.4 Å². The number of halogens is 2. The van der Waals surface area contributed by atoms with Crippen LogP contribution in [-0.2, 0) is 14.8 Å². The van der Waals surface area contributed by atoms with Crippen molar-refractivity contribution in [2.45, 2.75) is 6.04 Å². The van der Waals surface area contributed by atoms with Crippen LogP contribution >= 0.6 is 12.4 Å². The van der Waals surface area contributed by atoms with E-state index < -0.39 is 10.0 Å². The number of piperazine rings is 1. The Hall–Kier alpha value is -0.730. The maximum absolute atomic E-state index is 13.3. The molecule has 8 heteroatoms. The highest BCUT2D eigenvalue weighted by molar-refractivity contribution is 7.89. The molecule has 0 spiro atoms. The van der Waals surface area contributed by atoms with Crippen LogP contribution in [0, 0.1) is 5.82 Å². The zero-order valence-electron chi connectivity index (χ0n) is 11.8. The predicted molar refractivity (Wildman–Crippen MR) is 81.6 cm³/mol. The third-order valence-electron chi connectivity index (χ3n) is 3.33. The van der Waals surface area contributed by atoms with Gasteiger partial charge in [0.05, 0.1) is 18.4 Å². The maximum Gasteiger partial charge on any atom is 0.217 e. The fourth-order valence-corrected chi connectivity index (χ4v) is 3.89. The largest absolute Gasteiger partial charge is 0.384 e. The minimum Gasteiger partial charge on any atom is -0.384 e. The van der Waals surface area contributed by atoms with Crippen LogP contribution in [0.3, 0.4) is 0 Å². The first-order valence-electron chi connectivity index (χ1n) is 6.49. The first-order chi connectivity index (χ1) is 9.54. The van der Waals surface area contributed by atoms with Gasteiger partial charge in [-0.1, -0.05) is 12.1 Å². The van der Waals surface area contributed by atoms with Crippen molar-refractivity contribution in [3.05, 3.63) is 35.6 Å². The van der Waals surface area contributed by atoms with Gasteiger partial charge in [0.15, 0.2) is 0 Å². The van der Waals surface area contributed by atoms with E-state index in [4.69, 9.17) is 4.74 Å². The second-order valence-corrected chi connectivity index (χ2v) is 6.74. The molecular formula is C13H20ClFN2O3S. The van der Waals surface area contributed by atoms with E-state index in [1.165, 1.54) is 23.5 Å². The summed E-state index contributed by atoms with van der Waals surface area (Å²) in [6, 6.07) is 5.71. The lowest BCUT2D eigenvalue weighted by molar-refractivity contribution is 0.212. The number of benzene rings is 1. The lowest BCUT2D eigenvalue weighted by Crippen LogP contribution is -2.49. The third kappa shape index (κ3) is 4.62. The maximum atomic E-state index is 13.3. The molecule has 21 heavy (non-hydrogen) atoms.